The minimum atomic E-state index is -0.566. The molecule has 0 saturated heterocycles. The van der Waals surface area contributed by atoms with Crippen molar-refractivity contribution in [3.05, 3.63) is 36.0 Å². The maximum Gasteiger partial charge on any atom is 0.333 e. The number of hydrogen-bond donors (Lipinski definition) is 1. The summed E-state index contributed by atoms with van der Waals surface area (Å²) in [6.07, 6.45) is 6.44. The van der Waals surface area contributed by atoms with Crippen molar-refractivity contribution < 1.29 is 14.3 Å². The highest BCUT2D eigenvalue weighted by molar-refractivity contribution is 6.15. The molecule has 0 atom stereocenters. The first-order chi connectivity index (χ1) is 9.67. The lowest BCUT2D eigenvalue weighted by atomic mass is 10.1. The average Bonchev–Trinajstić information content (AvgIpc) is 2.43. The van der Waals surface area contributed by atoms with E-state index in [4.69, 9.17) is 11.2 Å². The van der Waals surface area contributed by atoms with Gasteiger partial charge in [-0.05, 0) is 19.1 Å². The van der Waals surface area contributed by atoms with Gasteiger partial charge in [0.1, 0.15) is 5.70 Å². The number of amides is 1. The first-order valence-corrected chi connectivity index (χ1v) is 6.17. The molecule has 1 aliphatic rings. The minimum absolute atomic E-state index is 0.137. The number of esters is 1. The molecule has 1 heterocycles. The Hall–Kier alpha value is -2.74. The summed E-state index contributed by atoms with van der Waals surface area (Å²) in [5, 5.41) is 2.92. The quantitative estimate of drug-likeness (QED) is 0.514. The minimum Gasteiger partial charge on any atom is -0.463 e. The van der Waals surface area contributed by atoms with Crippen LogP contribution in [-0.4, -0.2) is 25.0 Å². The smallest absolute Gasteiger partial charge is 0.333 e. The summed E-state index contributed by atoms with van der Waals surface area (Å²) in [6.45, 7) is 2.09. The van der Waals surface area contributed by atoms with Crippen molar-refractivity contribution in [1.29, 1.82) is 0 Å². The molecule has 2 rings (SSSR count). The first-order valence-electron chi connectivity index (χ1n) is 6.17. The van der Waals surface area contributed by atoms with Crippen LogP contribution in [0.1, 0.15) is 6.92 Å². The molecule has 0 bridgehead atoms. The van der Waals surface area contributed by atoms with Crippen molar-refractivity contribution >= 4 is 23.3 Å². The summed E-state index contributed by atoms with van der Waals surface area (Å²) in [6, 6.07) is 7.25. The van der Waals surface area contributed by atoms with Gasteiger partial charge in [0.15, 0.2) is 0 Å². The summed E-state index contributed by atoms with van der Waals surface area (Å²) < 4.78 is 4.81. The Morgan fingerprint density at radius 3 is 2.95 bits per heavy atom. The molecule has 0 spiro atoms. The molecular formula is C15H14N2O3. The molecule has 0 fully saturated rings. The highest BCUT2D eigenvalue weighted by Gasteiger charge is 2.27. The molecule has 0 aliphatic carbocycles. The van der Waals surface area contributed by atoms with Crippen LogP contribution in [-0.2, 0) is 14.3 Å². The highest BCUT2D eigenvalue weighted by atomic mass is 16.5. The van der Waals surface area contributed by atoms with E-state index in [1.54, 1.807) is 13.0 Å². The predicted molar refractivity (Wildman–Crippen MR) is 76.0 cm³/mol. The molecular weight excluding hydrogens is 256 g/mol. The van der Waals surface area contributed by atoms with Crippen molar-refractivity contribution in [3.8, 4) is 12.3 Å². The monoisotopic (exact) mass is 270 g/mol. The van der Waals surface area contributed by atoms with Gasteiger partial charge in [-0.25, -0.2) is 4.79 Å². The van der Waals surface area contributed by atoms with Crippen LogP contribution in [0.2, 0.25) is 0 Å². The van der Waals surface area contributed by atoms with E-state index < -0.39 is 5.97 Å². The van der Waals surface area contributed by atoms with E-state index in [0.29, 0.717) is 5.69 Å². The Bertz CT molecular complexity index is 614. The lowest BCUT2D eigenvalue weighted by Gasteiger charge is -2.30. The number of carbonyl (C=O) groups is 2. The fourth-order valence-electron chi connectivity index (χ4n) is 1.92. The normalized spacial score (nSPS) is 15.3. The van der Waals surface area contributed by atoms with E-state index in [1.165, 1.54) is 4.90 Å². The molecule has 1 N–H and O–H groups in total. The van der Waals surface area contributed by atoms with Crippen LogP contribution in [0.4, 0.5) is 11.4 Å². The summed E-state index contributed by atoms with van der Waals surface area (Å²) >= 11 is 0. The van der Waals surface area contributed by atoms with Crippen LogP contribution in [0.3, 0.4) is 0 Å². The van der Waals surface area contributed by atoms with Crippen molar-refractivity contribution in [3.63, 3.8) is 0 Å². The maximum absolute atomic E-state index is 12.3. The van der Waals surface area contributed by atoms with Crippen LogP contribution in [0.15, 0.2) is 36.0 Å². The fourth-order valence-corrected chi connectivity index (χ4v) is 1.92. The van der Waals surface area contributed by atoms with Gasteiger partial charge < -0.3 is 10.1 Å². The number of ether oxygens (including phenoxy) is 1. The largest absolute Gasteiger partial charge is 0.463 e. The molecule has 5 heteroatoms. The van der Waals surface area contributed by atoms with Gasteiger partial charge in [0.2, 0.25) is 0 Å². The Balaban J connectivity index is 2.38. The molecule has 1 amide bonds. The van der Waals surface area contributed by atoms with E-state index in [-0.39, 0.29) is 24.8 Å². The Morgan fingerprint density at radius 2 is 2.25 bits per heavy atom. The van der Waals surface area contributed by atoms with E-state index >= 15 is 0 Å². The molecule has 102 valence electrons. The molecule has 0 unspecified atom stereocenters. The van der Waals surface area contributed by atoms with Crippen molar-refractivity contribution in [1.82, 2.24) is 0 Å². The fraction of sp³-hybridized carbons (Fsp3) is 0.200. The lowest BCUT2D eigenvalue weighted by molar-refractivity contribution is -0.137. The van der Waals surface area contributed by atoms with Crippen molar-refractivity contribution in [2.45, 2.75) is 6.92 Å². The van der Waals surface area contributed by atoms with Gasteiger partial charge in [-0.3, -0.25) is 9.69 Å². The zero-order valence-corrected chi connectivity index (χ0v) is 11.1. The summed E-state index contributed by atoms with van der Waals surface area (Å²) in [5.41, 5.74) is 1.56. The molecule has 1 aromatic carbocycles. The first kappa shape index (κ1) is 13.7. The van der Waals surface area contributed by atoms with Gasteiger partial charge >= 0.3 is 5.97 Å². The number of fused-ring (bicyclic) bond motifs is 1. The third-order valence-electron chi connectivity index (χ3n) is 2.74. The van der Waals surface area contributed by atoms with Crippen LogP contribution < -0.4 is 10.2 Å². The second kappa shape index (κ2) is 5.93. The molecule has 1 aliphatic heterocycles. The molecule has 20 heavy (non-hydrogen) atoms. The Labute approximate surface area is 117 Å². The van der Waals surface area contributed by atoms with Gasteiger partial charge in [0, 0.05) is 0 Å². The molecule has 1 aromatic rings. The van der Waals surface area contributed by atoms with E-state index in [2.05, 4.69) is 11.2 Å². The van der Waals surface area contributed by atoms with Gasteiger partial charge in [0.25, 0.3) is 5.91 Å². The van der Waals surface area contributed by atoms with Crippen LogP contribution in [0.25, 0.3) is 0 Å². The van der Waals surface area contributed by atoms with E-state index in [9.17, 15) is 9.59 Å². The van der Waals surface area contributed by atoms with Gasteiger partial charge in [-0.2, -0.15) is 0 Å². The SMILES string of the molecule is C#CCN1C(=O)/C(=C\C(=O)OCC)Nc2ccccc21. The van der Waals surface area contributed by atoms with E-state index in [1.807, 2.05) is 18.2 Å². The van der Waals surface area contributed by atoms with Crippen molar-refractivity contribution in [2.75, 3.05) is 23.4 Å². The number of hydrogen-bond acceptors (Lipinski definition) is 4. The van der Waals surface area contributed by atoms with Gasteiger partial charge in [-0.1, -0.05) is 18.1 Å². The highest BCUT2D eigenvalue weighted by Crippen LogP contribution is 2.32. The van der Waals surface area contributed by atoms with Crippen LogP contribution >= 0.6 is 0 Å². The Morgan fingerprint density at radius 1 is 1.50 bits per heavy atom. The molecule has 5 nitrogen and oxygen atoms in total. The number of benzene rings is 1. The topological polar surface area (TPSA) is 58.6 Å². The number of carbonyl (C=O) groups excluding carboxylic acids is 2. The number of terminal acetylenes is 1. The van der Waals surface area contributed by atoms with Crippen LogP contribution in [0.5, 0.6) is 0 Å². The average molecular weight is 270 g/mol. The van der Waals surface area contributed by atoms with Gasteiger partial charge in [-0.15, -0.1) is 6.42 Å². The molecule has 0 aromatic heterocycles. The van der Waals surface area contributed by atoms with Gasteiger partial charge in [0.05, 0.1) is 30.6 Å². The number of anilines is 2. The zero-order valence-electron chi connectivity index (χ0n) is 11.1. The van der Waals surface area contributed by atoms with E-state index in [0.717, 1.165) is 11.8 Å². The zero-order chi connectivity index (χ0) is 14.5. The summed E-state index contributed by atoms with van der Waals surface area (Å²) in [5.74, 6) is 1.52. The van der Waals surface area contributed by atoms with Crippen molar-refractivity contribution in [2.24, 2.45) is 0 Å². The molecule has 0 radical (unpaired) electrons. The second-order valence-corrected chi connectivity index (χ2v) is 4.05. The second-order valence-electron chi connectivity index (χ2n) is 4.05. The Kier molecular flexibility index (Phi) is 4.06. The van der Waals surface area contributed by atoms with Crippen LogP contribution in [0, 0.1) is 12.3 Å². The number of rotatable bonds is 3. The maximum atomic E-state index is 12.3. The number of nitrogens with one attached hydrogen (secondary N) is 1. The summed E-state index contributed by atoms with van der Waals surface area (Å²) in [4.78, 5) is 25.2. The predicted octanol–water partition coefficient (Wildman–Crippen LogP) is 1.53. The third-order valence-corrected chi connectivity index (χ3v) is 2.74. The lowest BCUT2D eigenvalue weighted by Crippen LogP contribution is -2.39. The molecule has 0 saturated carbocycles. The number of para-hydroxylation sites is 2. The number of nitrogens with zero attached hydrogens (tertiary/aromatic N) is 1. The summed E-state index contributed by atoms with van der Waals surface area (Å²) in [7, 11) is 0. The standard InChI is InChI=1S/C15H14N2O3/c1-3-9-17-13-8-6-5-7-11(13)16-12(15(17)19)10-14(18)20-4-2/h1,5-8,10,16H,4,9H2,2H3/b12-10+. The third kappa shape index (κ3) is 2.64.